The van der Waals surface area contributed by atoms with E-state index in [2.05, 4.69) is 4.99 Å². The number of esters is 1. The van der Waals surface area contributed by atoms with E-state index in [1.54, 1.807) is 6.92 Å². The number of carbonyl (C=O) groups is 2. The summed E-state index contributed by atoms with van der Waals surface area (Å²) in [6.07, 6.45) is 0. The molecular formula is C20H18N4O7S. The van der Waals surface area contributed by atoms with E-state index < -0.39 is 33.1 Å². The predicted octanol–water partition coefficient (Wildman–Crippen LogP) is 3.44. The number of ether oxygens (including phenoxy) is 1. The first-order valence-electron chi connectivity index (χ1n) is 9.39. The Kier molecular flexibility index (Phi) is 6.44. The zero-order valence-corrected chi connectivity index (χ0v) is 18.2. The lowest BCUT2D eigenvalue weighted by molar-refractivity contribution is -0.394. The molecule has 0 saturated heterocycles. The molecule has 0 unspecified atom stereocenters. The summed E-state index contributed by atoms with van der Waals surface area (Å²) in [5.41, 5.74) is 1.04. The minimum atomic E-state index is -0.907. The molecule has 0 spiro atoms. The summed E-state index contributed by atoms with van der Waals surface area (Å²) in [5.74, 6) is -1.43. The van der Waals surface area contributed by atoms with Crippen LogP contribution in [0.2, 0.25) is 0 Å². The first kappa shape index (κ1) is 22.7. The van der Waals surface area contributed by atoms with Crippen LogP contribution in [0.3, 0.4) is 0 Å². The summed E-state index contributed by atoms with van der Waals surface area (Å²) in [7, 11) is 0. The van der Waals surface area contributed by atoms with Crippen LogP contribution in [0.4, 0.5) is 11.4 Å². The van der Waals surface area contributed by atoms with Crippen molar-refractivity contribution in [2.45, 2.75) is 27.3 Å². The lowest BCUT2D eigenvalue weighted by Gasteiger charge is -2.07. The molecule has 0 saturated carbocycles. The zero-order chi connectivity index (χ0) is 23.6. The number of aromatic nitrogens is 1. The molecule has 3 aromatic rings. The Morgan fingerprint density at radius 1 is 1.06 bits per heavy atom. The van der Waals surface area contributed by atoms with Gasteiger partial charge in [-0.2, -0.15) is 4.99 Å². The standard InChI is InChI=1S/C20H18N4O7S/c1-4-31-17(25)10-22-18-12(3)5-11(2)6-16(18)32-20(22)21-19(26)13-7-14(23(27)28)9-15(8-13)24(29)30/h5-9H,4,10H2,1-3H3. The Hall–Kier alpha value is -3.93. The molecular weight excluding hydrogens is 440 g/mol. The molecule has 11 nitrogen and oxygen atoms in total. The quantitative estimate of drug-likeness (QED) is 0.312. The van der Waals surface area contributed by atoms with E-state index in [1.165, 1.54) is 4.57 Å². The fourth-order valence-corrected chi connectivity index (χ4v) is 4.44. The van der Waals surface area contributed by atoms with Gasteiger partial charge in [-0.1, -0.05) is 17.4 Å². The van der Waals surface area contributed by atoms with Gasteiger partial charge in [0.05, 0.1) is 38.3 Å². The molecule has 1 aromatic heterocycles. The number of rotatable bonds is 6. The van der Waals surface area contributed by atoms with Crippen molar-refractivity contribution >= 4 is 44.8 Å². The molecule has 2 aromatic carbocycles. The second kappa shape index (κ2) is 9.06. The van der Waals surface area contributed by atoms with E-state index >= 15 is 0 Å². The van der Waals surface area contributed by atoms with Crippen molar-refractivity contribution in [2.75, 3.05) is 6.61 Å². The highest BCUT2D eigenvalue weighted by Gasteiger charge is 2.21. The van der Waals surface area contributed by atoms with Crippen LogP contribution in [0.15, 0.2) is 35.3 Å². The summed E-state index contributed by atoms with van der Waals surface area (Å²) in [6, 6.07) is 6.43. The Labute approximate surface area is 184 Å². The van der Waals surface area contributed by atoms with Crippen LogP contribution in [-0.2, 0) is 16.1 Å². The number of non-ortho nitro benzene ring substituents is 2. The summed E-state index contributed by atoms with van der Waals surface area (Å²) in [4.78, 5) is 49.8. The molecule has 0 N–H and O–H groups in total. The Morgan fingerprint density at radius 3 is 2.25 bits per heavy atom. The molecule has 0 aliphatic rings. The van der Waals surface area contributed by atoms with Crippen LogP contribution in [0, 0.1) is 34.1 Å². The second-order valence-electron chi connectivity index (χ2n) is 6.87. The van der Waals surface area contributed by atoms with Crippen LogP contribution in [0.1, 0.15) is 28.4 Å². The van der Waals surface area contributed by atoms with Gasteiger partial charge in [0.25, 0.3) is 17.3 Å². The maximum absolute atomic E-state index is 12.8. The summed E-state index contributed by atoms with van der Waals surface area (Å²) < 4.78 is 7.34. The predicted molar refractivity (Wildman–Crippen MR) is 116 cm³/mol. The number of nitrogens with zero attached hydrogens (tertiary/aromatic N) is 4. The molecule has 1 amide bonds. The largest absolute Gasteiger partial charge is 0.465 e. The average molecular weight is 458 g/mol. The van der Waals surface area contributed by atoms with Crippen LogP contribution >= 0.6 is 11.3 Å². The van der Waals surface area contributed by atoms with E-state index in [4.69, 9.17) is 4.74 Å². The number of thiazole rings is 1. The van der Waals surface area contributed by atoms with Crippen molar-refractivity contribution in [2.24, 2.45) is 4.99 Å². The highest BCUT2D eigenvalue weighted by atomic mass is 32.1. The first-order chi connectivity index (χ1) is 15.1. The Morgan fingerprint density at radius 2 is 1.69 bits per heavy atom. The fourth-order valence-electron chi connectivity index (χ4n) is 3.24. The Balaban J connectivity index is 2.20. The number of fused-ring (bicyclic) bond motifs is 1. The van der Waals surface area contributed by atoms with E-state index in [0.29, 0.717) is 5.52 Å². The van der Waals surface area contributed by atoms with Gasteiger partial charge in [0.15, 0.2) is 4.80 Å². The van der Waals surface area contributed by atoms with Gasteiger partial charge < -0.3 is 9.30 Å². The van der Waals surface area contributed by atoms with Crippen LogP contribution in [0.5, 0.6) is 0 Å². The second-order valence-corrected chi connectivity index (χ2v) is 7.88. The maximum atomic E-state index is 12.8. The van der Waals surface area contributed by atoms with Gasteiger partial charge in [-0.25, -0.2) is 0 Å². The number of benzene rings is 2. The van der Waals surface area contributed by atoms with Gasteiger partial charge in [0, 0.05) is 12.1 Å². The average Bonchev–Trinajstić information content (AvgIpc) is 3.04. The van der Waals surface area contributed by atoms with Gasteiger partial charge in [-0.3, -0.25) is 29.8 Å². The molecule has 166 valence electrons. The van der Waals surface area contributed by atoms with Crippen molar-refractivity contribution in [3.05, 3.63) is 72.1 Å². The van der Waals surface area contributed by atoms with Crippen LogP contribution in [0.25, 0.3) is 10.2 Å². The van der Waals surface area contributed by atoms with E-state index in [-0.39, 0.29) is 23.5 Å². The highest BCUT2D eigenvalue weighted by molar-refractivity contribution is 7.16. The number of nitro groups is 2. The lowest BCUT2D eigenvalue weighted by atomic mass is 10.1. The first-order valence-corrected chi connectivity index (χ1v) is 10.2. The number of aryl methyl sites for hydroxylation is 2. The minimum Gasteiger partial charge on any atom is -0.465 e. The topological polar surface area (TPSA) is 147 Å². The summed E-state index contributed by atoms with van der Waals surface area (Å²) >= 11 is 1.16. The van der Waals surface area contributed by atoms with Gasteiger partial charge in [0.2, 0.25) is 0 Å². The third-order valence-electron chi connectivity index (χ3n) is 4.47. The number of carbonyl (C=O) groups excluding carboxylic acids is 2. The number of amides is 1. The molecule has 1 heterocycles. The van der Waals surface area contributed by atoms with Gasteiger partial charge in [0.1, 0.15) is 6.54 Å². The molecule has 0 aliphatic carbocycles. The maximum Gasteiger partial charge on any atom is 0.326 e. The SMILES string of the molecule is CCOC(=O)Cn1c(=NC(=O)c2cc([N+](=O)[O-])cc([N+](=O)[O-])c2)sc2cc(C)cc(C)c21. The third kappa shape index (κ3) is 4.70. The van der Waals surface area contributed by atoms with Crippen molar-refractivity contribution in [1.82, 2.24) is 4.57 Å². The summed E-state index contributed by atoms with van der Waals surface area (Å²) in [6.45, 7) is 5.43. The van der Waals surface area contributed by atoms with E-state index in [1.807, 2.05) is 26.0 Å². The smallest absolute Gasteiger partial charge is 0.326 e. The lowest BCUT2D eigenvalue weighted by Crippen LogP contribution is -2.23. The third-order valence-corrected chi connectivity index (χ3v) is 5.50. The molecule has 0 aliphatic heterocycles. The molecule has 0 atom stereocenters. The van der Waals surface area contributed by atoms with Crippen molar-refractivity contribution in [1.29, 1.82) is 0 Å². The van der Waals surface area contributed by atoms with Crippen molar-refractivity contribution < 1.29 is 24.2 Å². The molecule has 32 heavy (non-hydrogen) atoms. The van der Waals surface area contributed by atoms with Crippen molar-refractivity contribution in [3.8, 4) is 0 Å². The number of hydrogen-bond acceptors (Lipinski definition) is 8. The number of hydrogen-bond donors (Lipinski definition) is 0. The minimum absolute atomic E-state index is 0.168. The molecule has 0 fully saturated rings. The monoisotopic (exact) mass is 458 g/mol. The van der Waals surface area contributed by atoms with E-state index in [9.17, 15) is 29.8 Å². The molecule has 0 bridgehead atoms. The summed E-state index contributed by atoms with van der Waals surface area (Å²) in [5, 5.41) is 22.2. The van der Waals surface area contributed by atoms with Gasteiger partial charge >= 0.3 is 5.97 Å². The fraction of sp³-hybridized carbons (Fsp3) is 0.250. The normalized spacial score (nSPS) is 11.5. The molecule has 0 radical (unpaired) electrons. The van der Waals surface area contributed by atoms with E-state index in [0.717, 1.165) is 45.4 Å². The zero-order valence-electron chi connectivity index (χ0n) is 17.4. The van der Waals surface area contributed by atoms with Crippen molar-refractivity contribution in [3.63, 3.8) is 0 Å². The van der Waals surface area contributed by atoms with Gasteiger partial charge in [-0.15, -0.1) is 0 Å². The highest BCUT2D eigenvalue weighted by Crippen LogP contribution is 2.25. The Bertz CT molecular complexity index is 1310. The van der Waals surface area contributed by atoms with Gasteiger partial charge in [-0.05, 0) is 38.0 Å². The molecule has 12 heteroatoms. The van der Waals surface area contributed by atoms with Crippen LogP contribution < -0.4 is 4.80 Å². The molecule has 3 rings (SSSR count). The number of nitro benzene ring substituents is 2. The van der Waals surface area contributed by atoms with Crippen LogP contribution in [-0.4, -0.2) is 32.9 Å².